The number of hydrogen-bond acceptors (Lipinski definition) is 5. The average molecular weight is 462 g/mol. The van der Waals surface area contributed by atoms with Gasteiger partial charge in [-0.3, -0.25) is 19.4 Å². The van der Waals surface area contributed by atoms with Crippen LogP contribution in [0.15, 0.2) is 47.3 Å². The van der Waals surface area contributed by atoms with E-state index in [-0.39, 0.29) is 23.8 Å². The van der Waals surface area contributed by atoms with Gasteiger partial charge in [-0.05, 0) is 42.5 Å². The highest BCUT2D eigenvalue weighted by atomic mass is 35.5. The van der Waals surface area contributed by atoms with Crippen LogP contribution in [0, 0.1) is 5.82 Å². The Bertz CT molecular complexity index is 1230. The molecule has 1 atom stereocenters. The van der Waals surface area contributed by atoms with Crippen LogP contribution in [0.3, 0.4) is 0 Å². The van der Waals surface area contributed by atoms with Crippen LogP contribution in [0.2, 0.25) is 10.0 Å². The smallest absolute Gasteiger partial charge is 0.258 e. The summed E-state index contributed by atoms with van der Waals surface area (Å²) in [6.07, 6.45) is -0.234. The first-order valence-corrected chi connectivity index (χ1v) is 9.78. The molecular formula is C20H14Cl2FN5O3. The Balaban J connectivity index is 1.64. The third-order valence-electron chi connectivity index (χ3n) is 4.50. The van der Waals surface area contributed by atoms with Crippen molar-refractivity contribution in [2.75, 3.05) is 16.0 Å². The van der Waals surface area contributed by atoms with E-state index in [1.165, 1.54) is 42.5 Å². The van der Waals surface area contributed by atoms with E-state index < -0.39 is 29.1 Å². The van der Waals surface area contributed by atoms with Gasteiger partial charge in [0.25, 0.3) is 5.56 Å². The van der Waals surface area contributed by atoms with Gasteiger partial charge in [0.15, 0.2) is 0 Å². The summed E-state index contributed by atoms with van der Waals surface area (Å²) in [5, 5.41) is 8.59. The molecule has 1 unspecified atom stereocenters. The van der Waals surface area contributed by atoms with Gasteiger partial charge in [-0.1, -0.05) is 23.2 Å². The van der Waals surface area contributed by atoms with Gasteiger partial charge in [-0.2, -0.15) is 4.98 Å². The molecule has 3 aromatic rings. The second-order valence-electron chi connectivity index (χ2n) is 6.76. The molecule has 0 aliphatic carbocycles. The normalized spacial score (nSPS) is 15.1. The second-order valence-corrected chi connectivity index (χ2v) is 7.63. The minimum Gasteiger partial charge on any atom is -0.326 e. The molecule has 8 nitrogen and oxygen atoms in total. The van der Waals surface area contributed by atoms with Crippen molar-refractivity contribution in [1.82, 2.24) is 9.97 Å². The van der Waals surface area contributed by atoms with Crippen LogP contribution in [-0.2, 0) is 9.59 Å². The minimum atomic E-state index is -1.07. The fourth-order valence-electron chi connectivity index (χ4n) is 3.18. The number of carbonyl (C=O) groups is 2. The molecule has 0 fully saturated rings. The molecule has 0 spiro atoms. The van der Waals surface area contributed by atoms with E-state index in [0.717, 1.165) is 0 Å². The molecule has 0 radical (unpaired) electrons. The SMILES string of the molecule is O=C1CC(C(=O)Nc2cc(Cl)cc(Cl)c2)c2c(nc(Nc3ccc(F)cc3)[nH]c2=O)N1. The molecule has 0 saturated heterocycles. The third kappa shape index (κ3) is 4.68. The summed E-state index contributed by atoms with van der Waals surface area (Å²) in [4.78, 5) is 44.5. The second kappa shape index (κ2) is 8.37. The molecule has 4 rings (SSSR count). The fourth-order valence-corrected chi connectivity index (χ4v) is 3.71. The van der Waals surface area contributed by atoms with E-state index in [9.17, 15) is 18.8 Å². The van der Waals surface area contributed by atoms with Gasteiger partial charge in [0.1, 0.15) is 11.6 Å². The highest BCUT2D eigenvalue weighted by Gasteiger charge is 2.34. The lowest BCUT2D eigenvalue weighted by atomic mass is 9.92. The zero-order valence-corrected chi connectivity index (χ0v) is 17.1. The van der Waals surface area contributed by atoms with Crippen molar-refractivity contribution in [3.63, 3.8) is 0 Å². The molecule has 1 aliphatic rings. The molecule has 1 aromatic heterocycles. The van der Waals surface area contributed by atoms with Crippen LogP contribution >= 0.6 is 23.2 Å². The van der Waals surface area contributed by atoms with Crippen molar-refractivity contribution in [2.24, 2.45) is 0 Å². The Morgan fingerprint density at radius 3 is 2.42 bits per heavy atom. The van der Waals surface area contributed by atoms with Gasteiger partial charge < -0.3 is 16.0 Å². The standard InChI is InChI=1S/C20H14Cl2FN5O3/c21-9-5-10(22)7-13(6-9)24-18(30)14-8-15(29)26-17-16(14)19(31)28-20(27-17)25-12-3-1-11(23)2-4-12/h1-7,14H,8H2,(H,24,30)(H3,25,26,27,28,29,31). The summed E-state index contributed by atoms with van der Waals surface area (Å²) in [7, 11) is 0. The van der Waals surface area contributed by atoms with Crippen molar-refractivity contribution < 1.29 is 14.0 Å². The number of halogens is 3. The van der Waals surface area contributed by atoms with Gasteiger partial charge >= 0.3 is 0 Å². The average Bonchev–Trinajstić information content (AvgIpc) is 2.68. The predicted molar refractivity (Wildman–Crippen MR) is 116 cm³/mol. The number of fused-ring (bicyclic) bond motifs is 1. The molecule has 11 heteroatoms. The van der Waals surface area contributed by atoms with Gasteiger partial charge in [0, 0.05) is 27.8 Å². The van der Waals surface area contributed by atoms with Crippen molar-refractivity contribution in [3.05, 3.63) is 74.2 Å². The number of H-pyrrole nitrogens is 1. The highest BCUT2D eigenvalue weighted by molar-refractivity contribution is 6.35. The number of nitrogens with zero attached hydrogens (tertiary/aromatic N) is 1. The van der Waals surface area contributed by atoms with E-state index in [1.54, 1.807) is 0 Å². The molecule has 2 aromatic carbocycles. The maximum absolute atomic E-state index is 13.1. The first kappa shape index (κ1) is 20.8. The van der Waals surface area contributed by atoms with Crippen LogP contribution in [-0.4, -0.2) is 21.8 Å². The first-order chi connectivity index (χ1) is 14.8. The van der Waals surface area contributed by atoms with Crippen molar-refractivity contribution in [2.45, 2.75) is 12.3 Å². The largest absolute Gasteiger partial charge is 0.326 e. The highest BCUT2D eigenvalue weighted by Crippen LogP contribution is 2.31. The number of nitrogens with one attached hydrogen (secondary N) is 4. The Hall–Kier alpha value is -3.43. The Kier molecular flexibility index (Phi) is 5.62. The number of aromatic nitrogens is 2. The number of carbonyl (C=O) groups excluding carboxylic acids is 2. The van der Waals surface area contributed by atoms with Crippen LogP contribution in [0.25, 0.3) is 0 Å². The molecule has 0 bridgehead atoms. The number of aromatic amines is 1. The van der Waals surface area contributed by atoms with Gasteiger partial charge in [-0.25, -0.2) is 4.39 Å². The Labute approximate surface area is 184 Å². The van der Waals surface area contributed by atoms with E-state index >= 15 is 0 Å². The quantitative estimate of drug-likeness (QED) is 0.468. The minimum absolute atomic E-state index is 0.0230. The molecule has 4 N–H and O–H groups in total. The number of rotatable bonds is 4. The molecule has 0 saturated carbocycles. The number of benzene rings is 2. The fraction of sp³-hybridized carbons (Fsp3) is 0.100. The van der Waals surface area contributed by atoms with E-state index in [2.05, 4.69) is 25.9 Å². The number of anilines is 4. The maximum atomic E-state index is 13.1. The third-order valence-corrected chi connectivity index (χ3v) is 4.94. The maximum Gasteiger partial charge on any atom is 0.258 e. The van der Waals surface area contributed by atoms with Crippen molar-refractivity contribution in [3.8, 4) is 0 Å². The van der Waals surface area contributed by atoms with Crippen LogP contribution in [0.5, 0.6) is 0 Å². The zero-order chi connectivity index (χ0) is 22.1. The Morgan fingerprint density at radius 1 is 1.06 bits per heavy atom. The summed E-state index contributed by atoms with van der Waals surface area (Å²) in [5.41, 5.74) is 0.224. The van der Waals surface area contributed by atoms with Crippen molar-refractivity contribution >= 4 is 58.2 Å². The summed E-state index contributed by atoms with van der Waals surface area (Å²) in [5.74, 6) is -2.55. The van der Waals surface area contributed by atoms with Crippen molar-refractivity contribution in [1.29, 1.82) is 0 Å². The summed E-state index contributed by atoms with van der Waals surface area (Å²) >= 11 is 11.9. The number of amides is 2. The Morgan fingerprint density at radius 2 is 1.74 bits per heavy atom. The lowest BCUT2D eigenvalue weighted by molar-refractivity contribution is -0.123. The molecule has 158 valence electrons. The lowest BCUT2D eigenvalue weighted by Gasteiger charge is -2.23. The van der Waals surface area contributed by atoms with Gasteiger partial charge in [-0.15, -0.1) is 0 Å². The van der Waals surface area contributed by atoms with Crippen LogP contribution in [0.1, 0.15) is 17.9 Å². The van der Waals surface area contributed by atoms with E-state index in [0.29, 0.717) is 21.4 Å². The predicted octanol–water partition coefficient (Wildman–Crippen LogP) is 4.02. The summed E-state index contributed by atoms with van der Waals surface area (Å²) in [6, 6.07) is 9.89. The zero-order valence-electron chi connectivity index (χ0n) is 15.6. The molecular weight excluding hydrogens is 448 g/mol. The molecule has 2 heterocycles. The molecule has 1 aliphatic heterocycles. The van der Waals surface area contributed by atoms with Crippen LogP contribution < -0.4 is 21.5 Å². The topological polar surface area (TPSA) is 116 Å². The summed E-state index contributed by atoms with van der Waals surface area (Å²) in [6.45, 7) is 0. The van der Waals surface area contributed by atoms with Crippen LogP contribution in [0.4, 0.5) is 27.5 Å². The number of hydrogen-bond donors (Lipinski definition) is 4. The molecule has 31 heavy (non-hydrogen) atoms. The molecule has 2 amide bonds. The first-order valence-electron chi connectivity index (χ1n) is 9.02. The summed E-state index contributed by atoms with van der Waals surface area (Å²) < 4.78 is 13.1. The van der Waals surface area contributed by atoms with E-state index in [1.807, 2.05) is 0 Å². The lowest BCUT2D eigenvalue weighted by Crippen LogP contribution is -2.36. The van der Waals surface area contributed by atoms with Gasteiger partial charge in [0.2, 0.25) is 17.8 Å². The van der Waals surface area contributed by atoms with Gasteiger partial charge in [0.05, 0.1) is 11.5 Å². The van der Waals surface area contributed by atoms with E-state index in [4.69, 9.17) is 23.2 Å². The monoisotopic (exact) mass is 461 g/mol.